The lowest BCUT2D eigenvalue weighted by Crippen LogP contribution is -2.69. The van der Waals surface area contributed by atoms with E-state index in [1.165, 1.54) is 0 Å². The highest BCUT2D eigenvalue weighted by molar-refractivity contribution is 5.88. The first kappa shape index (κ1) is 20.3. The SMILES string of the molecule is CCCCCC(=O)O[C@@H]1C=C2COC(=O)[C@]2(O)[C@]2(C)[C@H]1C(C)(C)CC[C@@H]2O. The summed E-state index contributed by atoms with van der Waals surface area (Å²) in [5, 5.41) is 22.3. The molecular weight excluding hydrogens is 348 g/mol. The zero-order chi connectivity index (χ0) is 20.0. The molecule has 1 saturated heterocycles. The molecule has 1 aliphatic heterocycles. The van der Waals surface area contributed by atoms with E-state index >= 15 is 0 Å². The Morgan fingerprint density at radius 3 is 2.70 bits per heavy atom. The Kier molecular flexibility index (Phi) is 5.19. The number of esters is 2. The monoisotopic (exact) mass is 380 g/mol. The lowest BCUT2D eigenvalue weighted by Gasteiger charge is -2.60. The van der Waals surface area contributed by atoms with Gasteiger partial charge in [-0.1, -0.05) is 40.5 Å². The van der Waals surface area contributed by atoms with Gasteiger partial charge in [-0.05, 0) is 30.8 Å². The highest BCUT2D eigenvalue weighted by Gasteiger charge is 2.72. The molecule has 2 aliphatic carbocycles. The van der Waals surface area contributed by atoms with Crippen LogP contribution in [0.25, 0.3) is 0 Å². The van der Waals surface area contributed by atoms with Gasteiger partial charge in [0, 0.05) is 23.3 Å². The molecule has 1 saturated carbocycles. The Morgan fingerprint density at radius 2 is 2.04 bits per heavy atom. The van der Waals surface area contributed by atoms with E-state index in [1.807, 2.05) is 13.8 Å². The van der Waals surface area contributed by atoms with Gasteiger partial charge in [0.25, 0.3) is 0 Å². The molecule has 2 fully saturated rings. The van der Waals surface area contributed by atoms with Crippen LogP contribution >= 0.6 is 0 Å². The highest BCUT2D eigenvalue weighted by Crippen LogP contribution is 2.63. The molecule has 0 aromatic heterocycles. The fourth-order valence-electron chi connectivity index (χ4n) is 5.58. The summed E-state index contributed by atoms with van der Waals surface area (Å²) < 4.78 is 11.0. The molecule has 6 nitrogen and oxygen atoms in total. The molecule has 5 atom stereocenters. The van der Waals surface area contributed by atoms with Crippen LogP contribution in [-0.4, -0.2) is 46.6 Å². The number of carbonyl (C=O) groups excluding carboxylic acids is 2. The van der Waals surface area contributed by atoms with Crippen molar-refractivity contribution in [1.82, 2.24) is 0 Å². The third-order valence-corrected chi connectivity index (χ3v) is 7.09. The van der Waals surface area contributed by atoms with E-state index in [0.29, 0.717) is 24.8 Å². The van der Waals surface area contributed by atoms with Crippen LogP contribution in [-0.2, 0) is 19.1 Å². The average Bonchev–Trinajstić information content (AvgIpc) is 2.88. The van der Waals surface area contributed by atoms with Crippen LogP contribution in [0.2, 0.25) is 0 Å². The number of aliphatic hydroxyl groups excluding tert-OH is 1. The Balaban J connectivity index is 2.00. The largest absolute Gasteiger partial charge is 0.459 e. The molecule has 152 valence electrons. The molecule has 0 spiro atoms. The van der Waals surface area contributed by atoms with Crippen molar-refractivity contribution in [3.8, 4) is 0 Å². The van der Waals surface area contributed by atoms with Crippen molar-refractivity contribution in [3.05, 3.63) is 11.6 Å². The zero-order valence-corrected chi connectivity index (χ0v) is 16.8. The maximum absolute atomic E-state index is 12.5. The summed E-state index contributed by atoms with van der Waals surface area (Å²) in [4.78, 5) is 24.9. The number of unbranched alkanes of at least 4 members (excludes halogenated alkanes) is 2. The van der Waals surface area contributed by atoms with Crippen molar-refractivity contribution in [2.24, 2.45) is 16.7 Å². The fraction of sp³-hybridized carbons (Fsp3) is 0.810. The first-order chi connectivity index (χ1) is 12.6. The Bertz CT molecular complexity index is 653. The van der Waals surface area contributed by atoms with Crippen molar-refractivity contribution >= 4 is 11.9 Å². The van der Waals surface area contributed by atoms with Crippen molar-refractivity contribution in [2.45, 2.75) is 84.0 Å². The summed E-state index contributed by atoms with van der Waals surface area (Å²) in [5.41, 5.74) is -2.99. The lowest BCUT2D eigenvalue weighted by atomic mass is 9.45. The molecule has 0 amide bonds. The van der Waals surface area contributed by atoms with E-state index in [0.717, 1.165) is 19.3 Å². The molecule has 2 N–H and O–H groups in total. The van der Waals surface area contributed by atoms with Crippen molar-refractivity contribution in [3.63, 3.8) is 0 Å². The van der Waals surface area contributed by atoms with Crippen LogP contribution in [0.15, 0.2) is 11.6 Å². The molecule has 6 heteroatoms. The molecular formula is C21H32O6. The minimum Gasteiger partial charge on any atom is -0.459 e. The maximum Gasteiger partial charge on any atom is 0.343 e. The number of carbonyl (C=O) groups is 2. The number of cyclic esters (lactones) is 1. The Morgan fingerprint density at radius 1 is 1.33 bits per heavy atom. The van der Waals surface area contributed by atoms with Crippen LogP contribution in [0.3, 0.4) is 0 Å². The van der Waals surface area contributed by atoms with Gasteiger partial charge in [0.15, 0.2) is 5.60 Å². The van der Waals surface area contributed by atoms with E-state index in [4.69, 9.17) is 9.47 Å². The number of aliphatic hydroxyl groups is 2. The summed E-state index contributed by atoms with van der Waals surface area (Å²) >= 11 is 0. The third-order valence-electron chi connectivity index (χ3n) is 7.09. The maximum atomic E-state index is 12.5. The van der Waals surface area contributed by atoms with Gasteiger partial charge in [-0.3, -0.25) is 4.79 Å². The van der Waals surface area contributed by atoms with Gasteiger partial charge in [-0.25, -0.2) is 4.79 Å². The van der Waals surface area contributed by atoms with Crippen LogP contribution in [0, 0.1) is 16.7 Å². The molecule has 27 heavy (non-hydrogen) atoms. The molecule has 0 bridgehead atoms. The van der Waals surface area contributed by atoms with E-state index in [2.05, 4.69) is 6.92 Å². The Labute approximate surface area is 160 Å². The topological polar surface area (TPSA) is 93.1 Å². The number of hydrogen-bond acceptors (Lipinski definition) is 6. The minimum absolute atomic E-state index is 0.0331. The average molecular weight is 380 g/mol. The van der Waals surface area contributed by atoms with Crippen molar-refractivity contribution in [1.29, 1.82) is 0 Å². The molecule has 3 rings (SSSR count). The van der Waals surface area contributed by atoms with Gasteiger partial charge >= 0.3 is 11.9 Å². The predicted molar refractivity (Wildman–Crippen MR) is 98.6 cm³/mol. The number of ether oxygens (including phenoxy) is 2. The number of fused-ring (bicyclic) bond motifs is 3. The van der Waals surface area contributed by atoms with Gasteiger partial charge in [-0.15, -0.1) is 0 Å². The van der Waals surface area contributed by atoms with Crippen LogP contribution in [0.4, 0.5) is 0 Å². The molecule has 3 aliphatic rings. The molecule has 1 heterocycles. The van der Waals surface area contributed by atoms with Gasteiger partial charge in [-0.2, -0.15) is 0 Å². The summed E-state index contributed by atoms with van der Waals surface area (Å²) in [5.74, 6) is -1.40. The molecule has 0 aromatic carbocycles. The Hall–Kier alpha value is -1.40. The highest BCUT2D eigenvalue weighted by atomic mass is 16.6. The second-order valence-corrected chi connectivity index (χ2v) is 9.19. The summed E-state index contributed by atoms with van der Waals surface area (Å²) in [6.45, 7) is 7.87. The third kappa shape index (κ3) is 2.92. The van der Waals surface area contributed by atoms with Crippen LogP contribution in [0.1, 0.15) is 66.2 Å². The van der Waals surface area contributed by atoms with Crippen LogP contribution < -0.4 is 0 Å². The van der Waals surface area contributed by atoms with E-state index < -0.39 is 35.1 Å². The number of rotatable bonds is 5. The zero-order valence-electron chi connectivity index (χ0n) is 16.8. The molecule has 0 unspecified atom stereocenters. The second kappa shape index (κ2) is 6.89. The quantitative estimate of drug-likeness (QED) is 0.432. The summed E-state index contributed by atoms with van der Waals surface area (Å²) in [7, 11) is 0. The van der Waals surface area contributed by atoms with Gasteiger partial charge < -0.3 is 19.7 Å². The van der Waals surface area contributed by atoms with Gasteiger partial charge in [0.2, 0.25) is 0 Å². The van der Waals surface area contributed by atoms with Crippen molar-refractivity contribution in [2.75, 3.05) is 6.61 Å². The molecule has 0 aromatic rings. The van der Waals surface area contributed by atoms with E-state index in [-0.39, 0.29) is 18.0 Å². The first-order valence-corrected chi connectivity index (χ1v) is 10.1. The first-order valence-electron chi connectivity index (χ1n) is 10.1. The van der Waals surface area contributed by atoms with Crippen LogP contribution in [0.5, 0.6) is 0 Å². The second-order valence-electron chi connectivity index (χ2n) is 9.19. The number of hydrogen-bond donors (Lipinski definition) is 2. The van der Waals surface area contributed by atoms with E-state index in [9.17, 15) is 19.8 Å². The fourth-order valence-corrected chi connectivity index (χ4v) is 5.58. The minimum atomic E-state index is -1.88. The standard InChI is InChI=1S/C21H32O6/c1-5-6-7-8-16(23)27-14-11-13-12-26-18(24)21(13,25)20(4)15(22)9-10-19(2,3)17(14)20/h11,14-15,17,22,25H,5-10,12H2,1-4H3/t14-,15+,17-,20+,21+/m1/s1. The van der Waals surface area contributed by atoms with Gasteiger partial charge in [0.05, 0.1) is 6.10 Å². The predicted octanol–water partition coefficient (Wildman–Crippen LogP) is 2.51. The van der Waals surface area contributed by atoms with E-state index in [1.54, 1.807) is 13.0 Å². The van der Waals surface area contributed by atoms with Crippen molar-refractivity contribution < 1.29 is 29.3 Å². The molecule has 0 radical (unpaired) electrons. The normalized spacial score (nSPS) is 39.9. The summed E-state index contributed by atoms with van der Waals surface area (Å²) in [6, 6.07) is 0. The lowest BCUT2D eigenvalue weighted by molar-refractivity contribution is -0.225. The smallest absolute Gasteiger partial charge is 0.343 e. The summed E-state index contributed by atoms with van der Waals surface area (Å²) in [6.07, 6.45) is 4.50. The van der Waals surface area contributed by atoms with Gasteiger partial charge in [0.1, 0.15) is 12.7 Å².